The SMILES string of the molecule is CC(C)Cc1nc2c(nc1NC(=O)CCCc1ccccc1)CCc1cc(N)ccc1-2. The topological polar surface area (TPSA) is 80.9 Å². The third-order valence-electron chi connectivity index (χ3n) is 5.63. The molecule has 1 aromatic heterocycles. The van der Waals surface area contributed by atoms with Gasteiger partial charge in [0, 0.05) is 17.7 Å². The van der Waals surface area contributed by atoms with E-state index in [0.29, 0.717) is 18.2 Å². The second kappa shape index (κ2) is 9.29. The first-order valence-corrected chi connectivity index (χ1v) is 11.1. The molecule has 1 aliphatic rings. The summed E-state index contributed by atoms with van der Waals surface area (Å²) in [6, 6.07) is 16.3. The van der Waals surface area contributed by atoms with E-state index in [4.69, 9.17) is 15.7 Å². The molecule has 3 aromatic rings. The minimum Gasteiger partial charge on any atom is -0.399 e. The van der Waals surface area contributed by atoms with Gasteiger partial charge in [0.05, 0.1) is 17.1 Å². The van der Waals surface area contributed by atoms with Gasteiger partial charge in [0.15, 0.2) is 5.82 Å². The van der Waals surface area contributed by atoms with Crippen LogP contribution in [0.25, 0.3) is 11.3 Å². The molecule has 1 amide bonds. The minimum absolute atomic E-state index is 0.000768. The zero-order chi connectivity index (χ0) is 21.8. The Kier molecular flexibility index (Phi) is 6.31. The molecule has 2 aromatic carbocycles. The van der Waals surface area contributed by atoms with Gasteiger partial charge in [-0.15, -0.1) is 0 Å². The fourth-order valence-corrected chi connectivity index (χ4v) is 4.12. The quantitative estimate of drug-likeness (QED) is 0.534. The van der Waals surface area contributed by atoms with E-state index < -0.39 is 0 Å². The van der Waals surface area contributed by atoms with Crippen molar-refractivity contribution in [2.75, 3.05) is 11.1 Å². The van der Waals surface area contributed by atoms with Crippen molar-refractivity contribution in [2.45, 2.75) is 52.4 Å². The number of nitrogens with one attached hydrogen (secondary N) is 1. The number of carbonyl (C=O) groups excluding carboxylic acids is 1. The van der Waals surface area contributed by atoms with Crippen molar-refractivity contribution >= 4 is 17.4 Å². The number of nitrogens with two attached hydrogens (primary N) is 1. The maximum Gasteiger partial charge on any atom is 0.225 e. The molecule has 0 bridgehead atoms. The molecule has 0 saturated carbocycles. The maximum absolute atomic E-state index is 12.7. The highest BCUT2D eigenvalue weighted by atomic mass is 16.1. The summed E-state index contributed by atoms with van der Waals surface area (Å²) in [6.45, 7) is 4.31. The van der Waals surface area contributed by atoms with E-state index in [1.165, 1.54) is 11.1 Å². The number of carbonyl (C=O) groups is 1. The van der Waals surface area contributed by atoms with Crippen molar-refractivity contribution in [3.8, 4) is 11.3 Å². The lowest BCUT2D eigenvalue weighted by molar-refractivity contribution is -0.116. The smallest absolute Gasteiger partial charge is 0.225 e. The predicted octanol–water partition coefficient (Wildman–Crippen LogP) is 4.98. The van der Waals surface area contributed by atoms with Gasteiger partial charge in [-0.3, -0.25) is 4.79 Å². The number of hydrogen-bond acceptors (Lipinski definition) is 4. The van der Waals surface area contributed by atoms with Crippen LogP contribution in [0.3, 0.4) is 0 Å². The molecule has 0 spiro atoms. The van der Waals surface area contributed by atoms with Crippen LogP contribution in [0.15, 0.2) is 48.5 Å². The van der Waals surface area contributed by atoms with E-state index in [1.807, 2.05) is 36.4 Å². The lowest BCUT2D eigenvalue weighted by Crippen LogP contribution is -2.19. The normalized spacial score (nSPS) is 12.4. The molecule has 0 unspecified atom stereocenters. The van der Waals surface area contributed by atoms with Crippen molar-refractivity contribution < 1.29 is 4.79 Å². The summed E-state index contributed by atoms with van der Waals surface area (Å²) in [5.41, 5.74) is 13.1. The second-order valence-corrected chi connectivity index (χ2v) is 8.72. The molecular weight excluding hydrogens is 384 g/mol. The van der Waals surface area contributed by atoms with Gasteiger partial charge in [-0.05, 0) is 61.3 Å². The molecule has 0 saturated heterocycles. The van der Waals surface area contributed by atoms with Crippen LogP contribution in [-0.2, 0) is 30.5 Å². The first-order chi connectivity index (χ1) is 15.0. The Labute approximate surface area is 184 Å². The number of aromatic nitrogens is 2. The highest BCUT2D eigenvalue weighted by Crippen LogP contribution is 2.34. The Morgan fingerprint density at radius 3 is 2.68 bits per heavy atom. The van der Waals surface area contributed by atoms with Crippen LogP contribution in [0.4, 0.5) is 11.5 Å². The molecule has 0 aliphatic heterocycles. The fourth-order valence-electron chi connectivity index (χ4n) is 4.12. The molecule has 3 N–H and O–H groups in total. The molecule has 1 aliphatic carbocycles. The molecule has 1 heterocycles. The predicted molar refractivity (Wildman–Crippen MR) is 126 cm³/mol. The second-order valence-electron chi connectivity index (χ2n) is 8.72. The summed E-state index contributed by atoms with van der Waals surface area (Å²) >= 11 is 0. The van der Waals surface area contributed by atoms with Crippen molar-refractivity contribution in [1.29, 1.82) is 0 Å². The third-order valence-corrected chi connectivity index (χ3v) is 5.63. The first kappa shape index (κ1) is 21.0. The molecule has 160 valence electrons. The van der Waals surface area contributed by atoms with Gasteiger partial charge in [0.25, 0.3) is 0 Å². The fraction of sp³-hybridized carbons (Fsp3) is 0.346. The largest absolute Gasteiger partial charge is 0.399 e. The highest BCUT2D eigenvalue weighted by molar-refractivity contribution is 5.90. The first-order valence-electron chi connectivity index (χ1n) is 11.1. The molecule has 0 radical (unpaired) electrons. The van der Waals surface area contributed by atoms with E-state index in [0.717, 1.165) is 60.4 Å². The molecular formula is C26H30N4O. The molecule has 5 heteroatoms. The van der Waals surface area contributed by atoms with Crippen molar-refractivity contribution in [3.63, 3.8) is 0 Å². The monoisotopic (exact) mass is 414 g/mol. The van der Waals surface area contributed by atoms with Gasteiger partial charge in [-0.25, -0.2) is 9.97 Å². The Morgan fingerprint density at radius 2 is 1.90 bits per heavy atom. The standard InChI is InChI=1S/C26H30N4O/c1-17(2)15-23-26(30-24(31)10-6-9-18-7-4-3-5-8-18)29-22-14-11-19-16-20(27)12-13-21(19)25(22)28-23/h3-5,7-8,12-13,16-17H,6,9-11,14-15,27H2,1-2H3,(H,29,30,31). The molecule has 5 nitrogen and oxygen atoms in total. The van der Waals surface area contributed by atoms with Crippen LogP contribution in [0, 0.1) is 5.92 Å². The van der Waals surface area contributed by atoms with Crippen molar-refractivity contribution in [1.82, 2.24) is 9.97 Å². The van der Waals surface area contributed by atoms with Crippen molar-refractivity contribution in [2.24, 2.45) is 5.92 Å². The van der Waals surface area contributed by atoms with E-state index in [1.54, 1.807) is 0 Å². The maximum atomic E-state index is 12.7. The number of fused-ring (bicyclic) bond motifs is 3. The van der Waals surface area contributed by atoms with Gasteiger partial charge in [-0.1, -0.05) is 50.2 Å². The molecule has 0 fully saturated rings. The number of amides is 1. The van der Waals surface area contributed by atoms with Crippen LogP contribution in [0.5, 0.6) is 0 Å². The average Bonchev–Trinajstić information content (AvgIpc) is 2.74. The Morgan fingerprint density at radius 1 is 1.10 bits per heavy atom. The number of hydrogen-bond donors (Lipinski definition) is 2. The summed E-state index contributed by atoms with van der Waals surface area (Å²) in [7, 11) is 0. The van der Waals surface area contributed by atoms with E-state index >= 15 is 0 Å². The minimum atomic E-state index is -0.000768. The van der Waals surface area contributed by atoms with Crippen LogP contribution in [0.1, 0.15) is 49.2 Å². The molecule has 31 heavy (non-hydrogen) atoms. The van der Waals surface area contributed by atoms with Gasteiger partial charge in [0.2, 0.25) is 5.91 Å². The van der Waals surface area contributed by atoms with E-state index in [-0.39, 0.29) is 5.91 Å². The van der Waals surface area contributed by atoms with Crippen molar-refractivity contribution in [3.05, 3.63) is 71.0 Å². The Balaban J connectivity index is 1.53. The summed E-state index contributed by atoms with van der Waals surface area (Å²) in [4.78, 5) is 22.5. The lowest BCUT2D eigenvalue weighted by Gasteiger charge is -2.21. The highest BCUT2D eigenvalue weighted by Gasteiger charge is 2.22. The van der Waals surface area contributed by atoms with E-state index in [2.05, 4.69) is 31.3 Å². The number of anilines is 2. The number of benzene rings is 2. The number of rotatable bonds is 7. The zero-order valence-electron chi connectivity index (χ0n) is 18.3. The summed E-state index contributed by atoms with van der Waals surface area (Å²) in [5, 5.41) is 3.05. The van der Waals surface area contributed by atoms with Gasteiger partial charge < -0.3 is 11.1 Å². The Hall–Kier alpha value is -3.21. The van der Waals surface area contributed by atoms with Gasteiger partial charge in [-0.2, -0.15) is 0 Å². The molecule has 0 atom stereocenters. The van der Waals surface area contributed by atoms with Gasteiger partial charge in [0.1, 0.15) is 0 Å². The van der Waals surface area contributed by atoms with Crippen LogP contribution in [0.2, 0.25) is 0 Å². The lowest BCUT2D eigenvalue weighted by atomic mass is 9.91. The number of nitrogens with zero attached hydrogens (tertiary/aromatic N) is 2. The summed E-state index contributed by atoms with van der Waals surface area (Å²) in [6.07, 6.45) is 4.63. The van der Waals surface area contributed by atoms with E-state index in [9.17, 15) is 4.79 Å². The number of aryl methyl sites for hydroxylation is 3. The summed E-state index contributed by atoms with van der Waals surface area (Å²) in [5.74, 6) is 1.03. The third kappa shape index (κ3) is 5.10. The molecule has 4 rings (SSSR count). The Bertz CT molecular complexity index is 1080. The average molecular weight is 415 g/mol. The van der Waals surface area contributed by atoms with Gasteiger partial charge >= 0.3 is 0 Å². The summed E-state index contributed by atoms with van der Waals surface area (Å²) < 4.78 is 0. The van der Waals surface area contributed by atoms with Crippen LogP contribution in [-0.4, -0.2) is 15.9 Å². The zero-order valence-corrected chi connectivity index (χ0v) is 18.3. The van der Waals surface area contributed by atoms with Crippen LogP contribution < -0.4 is 11.1 Å². The van der Waals surface area contributed by atoms with Crippen LogP contribution >= 0.6 is 0 Å². The number of nitrogen functional groups attached to an aromatic ring is 1.